The van der Waals surface area contributed by atoms with Crippen molar-refractivity contribution >= 4 is 5.97 Å². The molecule has 0 aliphatic carbocycles. The molecule has 0 aromatic heterocycles. The van der Waals surface area contributed by atoms with Gasteiger partial charge in [-0.25, -0.2) is 4.39 Å². The lowest BCUT2D eigenvalue weighted by molar-refractivity contribution is -0.143. The average Bonchev–Trinajstić information content (AvgIpc) is 2.61. The van der Waals surface area contributed by atoms with E-state index in [1.807, 2.05) is 19.9 Å². The Kier molecular flexibility index (Phi) is 5.80. The molecule has 144 valence electrons. The maximum atomic E-state index is 14.4. The summed E-state index contributed by atoms with van der Waals surface area (Å²) in [5, 5.41) is 9.48. The third kappa shape index (κ3) is 4.30. The molecule has 1 aliphatic heterocycles. The summed E-state index contributed by atoms with van der Waals surface area (Å²) in [5.74, 6) is -1.36. The Hall–Kier alpha value is -2.40. The predicted molar refractivity (Wildman–Crippen MR) is 103 cm³/mol. The van der Waals surface area contributed by atoms with E-state index in [1.54, 1.807) is 6.07 Å². The number of nitrogens with zero attached hydrogens (tertiary/aromatic N) is 1. The number of carboxylic acid groups (broad SMARTS) is 1. The Bertz CT molecular complexity index is 816. The molecule has 2 aromatic carbocycles. The first-order chi connectivity index (χ1) is 12.9. The van der Waals surface area contributed by atoms with Gasteiger partial charge in [0.05, 0.1) is 19.1 Å². The van der Waals surface area contributed by atoms with Crippen molar-refractivity contribution in [2.24, 2.45) is 5.92 Å². The highest BCUT2D eigenvalue weighted by Crippen LogP contribution is 2.35. The predicted octanol–water partition coefficient (Wildman–Crippen LogP) is 4.34. The van der Waals surface area contributed by atoms with Crippen LogP contribution in [0.15, 0.2) is 36.4 Å². The summed E-state index contributed by atoms with van der Waals surface area (Å²) in [5.41, 5.74) is 4.14. The number of methoxy groups -OCH3 is 1. The van der Waals surface area contributed by atoms with Gasteiger partial charge in [0.25, 0.3) is 0 Å². The van der Waals surface area contributed by atoms with Crippen LogP contribution < -0.4 is 4.74 Å². The fraction of sp³-hybridized carbons (Fsp3) is 0.409. The molecule has 3 rings (SSSR count). The molecule has 2 aromatic rings. The lowest BCUT2D eigenvalue weighted by atomic mass is 9.90. The molecule has 1 fully saturated rings. The van der Waals surface area contributed by atoms with Crippen LogP contribution in [0.1, 0.15) is 41.1 Å². The number of rotatable bonds is 5. The van der Waals surface area contributed by atoms with E-state index in [-0.39, 0.29) is 11.8 Å². The molecule has 2 atom stereocenters. The van der Waals surface area contributed by atoms with Crippen molar-refractivity contribution < 1.29 is 19.0 Å². The van der Waals surface area contributed by atoms with Gasteiger partial charge < -0.3 is 9.84 Å². The smallest absolute Gasteiger partial charge is 0.307 e. The third-order valence-corrected chi connectivity index (χ3v) is 5.22. The van der Waals surface area contributed by atoms with Gasteiger partial charge in [-0.05, 0) is 56.5 Å². The number of aliphatic carboxylic acids is 1. The van der Waals surface area contributed by atoms with Gasteiger partial charge >= 0.3 is 5.97 Å². The molecule has 0 bridgehead atoms. The number of hydrogen-bond acceptors (Lipinski definition) is 3. The van der Waals surface area contributed by atoms with Crippen LogP contribution in [0.4, 0.5) is 4.39 Å². The van der Waals surface area contributed by atoms with Crippen molar-refractivity contribution in [1.82, 2.24) is 4.90 Å². The zero-order valence-electron chi connectivity index (χ0n) is 16.0. The first-order valence-corrected chi connectivity index (χ1v) is 9.27. The lowest BCUT2D eigenvalue weighted by Crippen LogP contribution is -2.41. The summed E-state index contributed by atoms with van der Waals surface area (Å²) < 4.78 is 19.5. The molecule has 1 heterocycles. The number of piperidine rings is 1. The van der Waals surface area contributed by atoms with E-state index >= 15 is 0 Å². The summed E-state index contributed by atoms with van der Waals surface area (Å²) in [7, 11) is 1.45. The van der Waals surface area contributed by atoms with Crippen molar-refractivity contribution in [2.75, 3.05) is 20.2 Å². The van der Waals surface area contributed by atoms with E-state index in [4.69, 9.17) is 4.74 Å². The first-order valence-electron chi connectivity index (χ1n) is 9.27. The van der Waals surface area contributed by atoms with Crippen molar-refractivity contribution in [3.05, 3.63) is 64.5 Å². The van der Waals surface area contributed by atoms with Crippen LogP contribution in [0.5, 0.6) is 5.75 Å². The van der Waals surface area contributed by atoms with Gasteiger partial charge in [0.1, 0.15) is 0 Å². The highest BCUT2D eigenvalue weighted by Gasteiger charge is 2.31. The van der Waals surface area contributed by atoms with E-state index in [9.17, 15) is 14.3 Å². The van der Waals surface area contributed by atoms with Gasteiger partial charge in [0, 0.05) is 6.54 Å². The second-order valence-electron chi connectivity index (χ2n) is 7.39. The number of ether oxygens (including phenoxy) is 1. The van der Waals surface area contributed by atoms with Gasteiger partial charge in [-0.2, -0.15) is 0 Å². The summed E-state index contributed by atoms with van der Waals surface area (Å²) >= 11 is 0. The highest BCUT2D eigenvalue weighted by molar-refractivity contribution is 5.70. The normalized spacial score (nSPS) is 18.9. The number of carboxylic acids is 1. The molecule has 0 radical (unpaired) electrons. The Morgan fingerprint density at radius 3 is 2.48 bits per heavy atom. The molecule has 1 aliphatic rings. The average molecular weight is 371 g/mol. The summed E-state index contributed by atoms with van der Waals surface area (Å²) in [6.45, 7) is 5.33. The van der Waals surface area contributed by atoms with Crippen LogP contribution in [0.3, 0.4) is 0 Å². The molecule has 0 spiro atoms. The number of benzene rings is 2. The summed E-state index contributed by atoms with van der Waals surface area (Å²) in [6, 6.07) is 11.1. The zero-order valence-corrected chi connectivity index (χ0v) is 16.0. The SMILES string of the molecule is COc1ccc(C(c2cc(C)cc(C)c2)N2CCCC(C(=O)O)C2)cc1F. The Labute approximate surface area is 159 Å². The van der Waals surface area contributed by atoms with Gasteiger partial charge in [-0.3, -0.25) is 9.69 Å². The minimum absolute atomic E-state index is 0.189. The fourth-order valence-corrected chi connectivity index (χ4v) is 4.08. The van der Waals surface area contributed by atoms with Gasteiger partial charge in [-0.1, -0.05) is 35.4 Å². The van der Waals surface area contributed by atoms with Crippen LogP contribution in [-0.2, 0) is 4.79 Å². The molecule has 5 heteroatoms. The number of likely N-dealkylation sites (tertiary alicyclic amines) is 1. The third-order valence-electron chi connectivity index (χ3n) is 5.22. The highest BCUT2D eigenvalue weighted by atomic mass is 19.1. The number of halogens is 1. The Balaban J connectivity index is 2.06. The molecule has 0 amide bonds. The minimum atomic E-state index is -0.764. The van der Waals surface area contributed by atoms with E-state index in [0.717, 1.165) is 35.2 Å². The molecule has 27 heavy (non-hydrogen) atoms. The largest absolute Gasteiger partial charge is 0.494 e. The molecular weight excluding hydrogens is 345 g/mol. The van der Waals surface area contributed by atoms with Gasteiger partial charge in [0.2, 0.25) is 0 Å². The maximum Gasteiger partial charge on any atom is 0.307 e. The summed E-state index contributed by atoms with van der Waals surface area (Å²) in [6.07, 6.45) is 1.50. The summed E-state index contributed by atoms with van der Waals surface area (Å²) in [4.78, 5) is 13.7. The minimum Gasteiger partial charge on any atom is -0.494 e. The van der Waals surface area contributed by atoms with Crippen LogP contribution >= 0.6 is 0 Å². The van der Waals surface area contributed by atoms with E-state index in [2.05, 4.69) is 23.1 Å². The zero-order chi connectivity index (χ0) is 19.6. The van der Waals surface area contributed by atoms with E-state index < -0.39 is 17.7 Å². The van der Waals surface area contributed by atoms with Crippen molar-refractivity contribution in [1.29, 1.82) is 0 Å². The molecule has 1 saturated heterocycles. The molecule has 1 N–H and O–H groups in total. The topological polar surface area (TPSA) is 49.8 Å². The molecule has 4 nitrogen and oxygen atoms in total. The Morgan fingerprint density at radius 2 is 1.89 bits per heavy atom. The van der Waals surface area contributed by atoms with Crippen molar-refractivity contribution in [3.63, 3.8) is 0 Å². The second-order valence-corrected chi connectivity index (χ2v) is 7.39. The van der Waals surface area contributed by atoms with Crippen molar-refractivity contribution in [3.8, 4) is 5.75 Å². The van der Waals surface area contributed by atoms with E-state index in [0.29, 0.717) is 13.0 Å². The first kappa shape index (κ1) is 19.4. The quantitative estimate of drug-likeness (QED) is 0.850. The van der Waals surface area contributed by atoms with Gasteiger partial charge in [-0.15, -0.1) is 0 Å². The van der Waals surface area contributed by atoms with Crippen LogP contribution in [0.2, 0.25) is 0 Å². The number of hydrogen-bond donors (Lipinski definition) is 1. The maximum absolute atomic E-state index is 14.4. The molecular formula is C22H26FNO3. The van der Waals surface area contributed by atoms with Crippen LogP contribution in [0, 0.1) is 25.6 Å². The van der Waals surface area contributed by atoms with Crippen LogP contribution in [0.25, 0.3) is 0 Å². The van der Waals surface area contributed by atoms with E-state index in [1.165, 1.54) is 13.2 Å². The fourth-order valence-electron chi connectivity index (χ4n) is 4.08. The molecule has 2 unspecified atom stereocenters. The van der Waals surface area contributed by atoms with Crippen molar-refractivity contribution in [2.45, 2.75) is 32.7 Å². The standard InChI is InChI=1S/C22H26FNO3/c1-14-9-15(2)11-18(10-14)21(16-6-7-20(27-3)19(23)12-16)24-8-4-5-17(13-24)22(25)26/h6-7,9-12,17,21H,4-5,8,13H2,1-3H3,(H,25,26). The monoisotopic (exact) mass is 371 g/mol. The lowest BCUT2D eigenvalue weighted by Gasteiger charge is -2.38. The second kappa shape index (κ2) is 8.09. The number of aryl methyl sites for hydroxylation is 2. The molecule has 0 saturated carbocycles. The Morgan fingerprint density at radius 1 is 1.19 bits per heavy atom. The number of carbonyl (C=O) groups is 1. The van der Waals surface area contributed by atoms with Crippen LogP contribution in [-0.4, -0.2) is 36.2 Å². The van der Waals surface area contributed by atoms with Gasteiger partial charge in [0.15, 0.2) is 11.6 Å².